The first-order valence-corrected chi connectivity index (χ1v) is 5.16. The maximum Gasteiger partial charge on any atom is 0.128 e. The van der Waals surface area contributed by atoms with Crippen LogP contribution in [-0.2, 0) is 0 Å². The summed E-state index contributed by atoms with van der Waals surface area (Å²) < 4.78 is 5.30. The van der Waals surface area contributed by atoms with E-state index in [0.29, 0.717) is 0 Å². The first-order chi connectivity index (χ1) is 7.72. The van der Waals surface area contributed by atoms with Crippen molar-refractivity contribution in [2.75, 3.05) is 7.11 Å². The van der Waals surface area contributed by atoms with Gasteiger partial charge in [-0.3, -0.25) is 4.98 Å². The van der Waals surface area contributed by atoms with Gasteiger partial charge in [-0.2, -0.15) is 0 Å². The van der Waals surface area contributed by atoms with Gasteiger partial charge in [-0.05, 0) is 26.0 Å². The summed E-state index contributed by atoms with van der Waals surface area (Å²) in [6.45, 7) is 3.91. The Morgan fingerprint density at radius 3 is 2.50 bits per heavy atom. The van der Waals surface area contributed by atoms with Crippen molar-refractivity contribution in [2.45, 2.75) is 13.8 Å². The Labute approximate surface area is 95.1 Å². The normalized spacial score (nSPS) is 10.2. The monoisotopic (exact) mass is 214 g/mol. The summed E-state index contributed by atoms with van der Waals surface area (Å²) in [5.41, 5.74) is 3.73. The smallest absolute Gasteiger partial charge is 0.128 e. The number of rotatable bonds is 2. The quantitative estimate of drug-likeness (QED) is 0.771. The van der Waals surface area contributed by atoms with Crippen LogP contribution in [0.15, 0.2) is 30.5 Å². The van der Waals surface area contributed by atoms with Crippen LogP contribution in [0.1, 0.15) is 11.4 Å². The van der Waals surface area contributed by atoms with E-state index in [-0.39, 0.29) is 0 Å². The molecule has 3 nitrogen and oxygen atoms in total. The molecule has 0 fully saturated rings. The third-order valence-electron chi connectivity index (χ3n) is 2.58. The molecule has 0 amide bonds. The number of ether oxygens (including phenoxy) is 1. The maximum absolute atomic E-state index is 5.30. The lowest BCUT2D eigenvalue weighted by Gasteiger charge is -2.08. The van der Waals surface area contributed by atoms with Gasteiger partial charge in [-0.1, -0.05) is 12.1 Å². The van der Waals surface area contributed by atoms with E-state index in [1.165, 1.54) is 0 Å². The molecule has 0 spiro atoms. The number of hydrogen-bond donors (Lipinski definition) is 0. The first kappa shape index (κ1) is 10.6. The fourth-order valence-electron chi connectivity index (χ4n) is 1.53. The average molecular weight is 214 g/mol. The second kappa shape index (κ2) is 4.31. The third-order valence-corrected chi connectivity index (χ3v) is 2.58. The zero-order valence-corrected chi connectivity index (χ0v) is 9.69. The number of aryl methyl sites for hydroxylation is 2. The third kappa shape index (κ3) is 1.89. The minimum absolute atomic E-state index is 0.819. The number of para-hydroxylation sites is 1. The summed E-state index contributed by atoms with van der Waals surface area (Å²) in [4.78, 5) is 8.82. The SMILES string of the molecule is COc1ccccc1-c1cnc(C)c(C)n1. The first-order valence-electron chi connectivity index (χ1n) is 5.16. The van der Waals surface area contributed by atoms with Crippen molar-refractivity contribution in [3.63, 3.8) is 0 Å². The Kier molecular flexibility index (Phi) is 2.86. The van der Waals surface area contributed by atoms with Crippen molar-refractivity contribution in [3.05, 3.63) is 41.9 Å². The average Bonchev–Trinajstić information content (AvgIpc) is 2.32. The Balaban J connectivity index is 2.54. The van der Waals surface area contributed by atoms with Crippen LogP contribution < -0.4 is 4.74 Å². The standard InChI is InChI=1S/C13H14N2O/c1-9-10(2)15-12(8-14-9)11-6-4-5-7-13(11)16-3/h4-8H,1-3H3. The number of nitrogens with zero attached hydrogens (tertiary/aromatic N) is 2. The van der Waals surface area contributed by atoms with Gasteiger partial charge in [-0.25, -0.2) is 4.98 Å². The molecule has 1 aromatic heterocycles. The predicted molar refractivity (Wildman–Crippen MR) is 63.5 cm³/mol. The number of methoxy groups -OCH3 is 1. The highest BCUT2D eigenvalue weighted by atomic mass is 16.5. The zero-order chi connectivity index (χ0) is 11.5. The molecule has 0 saturated heterocycles. The molecule has 2 rings (SSSR count). The largest absolute Gasteiger partial charge is 0.496 e. The lowest BCUT2D eigenvalue weighted by atomic mass is 10.1. The molecule has 0 saturated carbocycles. The molecule has 0 aliphatic heterocycles. The van der Waals surface area contributed by atoms with Crippen molar-refractivity contribution in [1.29, 1.82) is 0 Å². The van der Waals surface area contributed by atoms with E-state index in [1.807, 2.05) is 38.1 Å². The van der Waals surface area contributed by atoms with Crippen LogP contribution in [0.2, 0.25) is 0 Å². The fraction of sp³-hybridized carbons (Fsp3) is 0.231. The van der Waals surface area contributed by atoms with Crippen molar-refractivity contribution >= 4 is 0 Å². The number of benzene rings is 1. The Bertz CT molecular complexity index is 509. The summed E-state index contributed by atoms with van der Waals surface area (Å²) >= 11 is 0. The summed E-state index contributed by atoms with van der Waals surface area (Å²) in [6.07, 6.45) is 1.78. The molecule has 82 valence electrons. The van der Waals surface area contributed by atoms with Crippen molar-refractivity contribution in [1.82, 2.24) is 9.97 Å². The molecule has 2 aromatic rings. The molecule has 0 N–H and O–H groups in total. The van der Waals surface area contributed by atoms with Gasteiger partial charge in [0.05, 0.1) is 30.4 Å². The Hall–Kier alpha value is -1.90. The van der Waals surface area contributed by atoms with Crippen molar-refractivity contribution < 1.29 is 4.74 Å². The van der Waals surface area contributed by atoms with Crippen LogP contribution in [0.3, 0.4) is 0 Å². The molecule has 3 heteroatoms. The van der Waals surface area contributed by atoms with Gasteiger partial charge in [0.25, 0.3) is 0 Å². The van der Waals surface area contributed by atoms with Crippen LogP contribution in [-0.4, -0.2) is 17.1 Å². The maximum atomic E-state index is 5.30. The van der Waals surface area contributed by atoms with Gasteiger partial charge in [0.1, 0.15) is 5.75 Å². The highest BCUT2D eigenvalue weighted by molar-refractivity contribution is 5.66. The summed E-state index contributed by atoms with van der Waals surface area (Å²) in [5.74, 6) is 0.819. The van der Waals surface area contributed by atoms with Crippen LogP contribution in [0.4, 0.5) is 0 Å². The molecule has 0 bridgehead atoms. The van der Waals surface area contributed by atoms with Gasteiger partial charge in [0, 0.05) is 5.56 Å². The lowest BCUT2D eigenvalue weighted by molar-refractivity contribution is 0.416. The zero-order valence-electron chi connectivity index (χ0n) is 9.69. The molecule has 0 aliphatic rings. The minimum Gasteiger partial charge on any atom is -0.496 e. The van der Waals surface area contributed by atoms with Gasteiger partial charge >= 0.3 is 0 Å². The highest BCUT2D eigenvalue weighted by Gasteiger charge is 2.07. The van der Waals surface area contributed by atoms with Crippen molar-refractivity contribution in [2.24, 2.45) is 0 Å². The molecule has 0 atom stereocenters. The predicted octanol–water partition coefficient (Wildman–Crippen LogP) is 2.77. The van der Waals surface area contributed by atoms with Crippen LogP contribution in [0.25, 0.3) is 11.3 Å². The topological polar surface area (TPSA) is 35.0 Å². The van der Waals surface area contributed by atoms with E-state index in [2.05, 4.69) is 9.97 Å². The number of hydrogen-bond acceptors (Lipinski definition) is 3. The van der Waals surface area contributed by atoms with E-state index in [0.717, 1.165) is 28.4 Å². The molecular formula is C13H14N2O. The van der Waals surface area contributed by atoms with Crippen LogP contribution >= 0.6 is 0 Å². The van der Waals surface area contributed by atoms with Crippen LogP contribution in [0, 0.1) is 13.8 Å². The molecule has 1 aromatic carbocycles. The van der Waals surface area contributed by atoms with Gasteiger partial charge in [0.2, 0.25) is 0 Å². The summed E-state index contributed by atoms with van der Waals surface area (Å²) in [5, 5.41) is 0. The second-order valence-corrected chi connectivity index (χ2v) is 3.63. The van der Waals surface area contributed by atoms with E-state index >= 15 is 0 Å². The van der Waals surface area contributed by atoms with Crippen molar-refractivity contribution in [3.8, 4) is 17.0 Å². The summed E-state index contributed by atoms with van der Waals surface area (Å²) in [6, 6.07) is 7.81. The minimum atomic E-state index is 0.819. The Morgan fingerprint density at radius 2 is 1.81 bits per heavy atom. The molecular weight excluding hydrogens is 200 g/mol. The molecule has 1 heterocycles. The second-order valence-electron chi connectivity index (χ2n) is 3.63. The van der Waals surface area contributed by atoms with Gasteiger partial charge < -0.3 is 4.74 Å². The number of aromatic nitrogens is 2. The lowest BCUT2D eigenvalue weighted by Crippen LogP contribution is -1.95. The van der Waals surface area contributed by atoms with E-state index in [1.54, 1.807) is 13.3 Å². The fourth-order valence-corrected chi connectivity index (χ4v) is 1.53. The molecule has 0 radical (unpaired) electrons. The van der Waals surface area contributed by atoms with Crippen LogP contribution in [0.5, 0.6) is 5.75 Å². The van der Waals surface area contributed by atoms with E-state index in [9.17, 15) is 0 Å². The highest BCUT2D eigenvalue weighted by Crippen LogP contribution is 2.27. The van der Waals surface area contributed by atoms with Gasteiger partial charge in [-0.15, -0.1) is 0 Å². The molecule has 16 heavy (non-hydrogen) atoms. The molecule has 0 aliphatic carbocycles. The molecule has 0 unspecified atom stereocenters. The van der Waals surface area contributed by atoms with E-state index < -0.39 is 0 Å². The van der Waals surface area contributed by atoms with Gasteiger partial charge in [0.15, 0.2) is 0 Å². The summed E-state index contributed by atoms with van der Waals surface area (Å²) in [7, 11) is 1.66. The Morgan fingerprint density at radius 1 is 1.06 bits per heavy atom. The van der Waals surface area contributed by atoms with E-state index in [4.69, 9.17) is 4.74 Å².